The monoisotopic (exact) mass is 359 g/mol. The number of carbonyl (C=O) groups is 1. The predicted octanol–water partition coefficient (Wildman–Crippen LogP) is 4.77. The van der Waals surface area contributed by atoms with E-state index in [4.69, 9.17) is 16.3 Å². The van der Waals surface area contributed by atoms with Gasteiger partial charge in [0.2, 0.25) is 0 Å². The zero-order valence-corrected chi connectivity index (χ0v) is 15.9. The number of rotatable bonds is 7. The Morgan fingerprint density at radius 3 is 2.44 bits per heavy atom. The van der Waals surface area contributed by atoms with Gasteiger partial charge >= 0.3 is 0 Å². The summed E-state index contributed by atoms with van der Waals surface area (Å²) in [6.45, 7) is 7.06. The topological polar surface area (TPSA) is 38.3 Å². The van der Waals surface area contributed by atoms with Crippen LogP contribution in [0.4, 0.5) is 0 Å². The van der Waals surface area contributed by atoms with Crippen molar-refractivity contribution in [2.24, 2.45) is 0 Å². The number of aryl methyl sites for hydroxylation is 1. The van der Waals surface area contributed by atoms with E-state index in [0.717, 1.165) is 29.2 Å². The Hall–Kier alpha value is -2.00. The molecule has 1 N–H and O–H groups in total. The van der Waals surface area contributed by atoms with Gasteiger partial charge in [0.1, 0.15) is 5.75 Å². The molecule has 3 nitrogen and oxygen atoms in total. The lowest BCUT2D eigenvalue weighted by molar-refractivity contribution is -0.123. The Balaban J connectivity index is 1.73. The number of halogens is 1. The Morgan fingerprint density at radius 1 is 1.08 bits per heavy atom. The minimum Gasteiger partial charge on any atom is -0.483 e. The molecule has 0 atom stereocenters. The number of hydrogen-bond donors (Lipinski definition) is 1. The van der Waals surface area contributed by atoms with Gasteiger partial charge in [-0.15, -0.1) is 0 Å². The average molecular weight is 360 g/mol. The van der Waals surface area contributed by atoms with Crippen LogP contribution in [0.2, 0.25) is 5.02 Å². The lowest BCUT2D eigenvalue weighted by Crippen LogP contribution is -2.30. The van der Waals surface area contributed by atoms with Crippen LogP contribution < -0.4 is 10.1 Å². The third-order valence-electron chi connectivity index (χ3n) is 3.93. The number of nitrogens with one attached hydrogen (secondary N) is 1. The van der Waals surface area contributed by atoms with Crippen molar-refractivity contribution in [1.29, 1.82) is 0 Å². The lowest BCUT2D eigenvalue weighted by atomic mass is 9.86. The standard InChI is InChI=1S/C21H26ClNO2/c1-21(2,3)18-8-4-5-9-19(18)25-15-20(24)23-14-6-7-16-10-12-17(22)13-11-16/h4-5,8-13H,6-7,14-15H2,1-3H3,(H,23,24). The predicted molar refractivity (Wildman–Crippen MR) is 103 cm³/mol. The summed E-state index contributed by atoms with van der Waals surface area (Å²) in [5.41, 5.74) is 2.30. The molecule has 2 aromatic rings. The summed E-state index contributed by atoms with van der Waals surface area (Å²) in [7, 11) is 0. The molecule has 2 rings (SSSR count). The summed E-state index contributed by atoms with van der Waals surface area (Å²) in [6.07, 6.45) is 1.79. The molecule has 0 saturated carbocycles. The molecule has 1 amide bonds. The van der Waals surface area contributed by atoms with Gasteiger partial charge in [-0.3, -0.25) is 4.79 Å². The maximum absolute atomic E-state index is 12.0. The number of benzene rings is 2. The molecule has 0 aliphatic heterocycles. The molecule has 0 spiro atoms. The molecule has 0 bridgehead atoms. The Bertz CT molecular complexity index is 690. The molecular weight excluding hydrogens is 334 g/mol. The lowest BCUT2D eigenvalue weighted by Gasteiger charge is -2.22. The van der Waals surface area contributed by atoms with E-state index in [2.05, 4.69) is 26.1 Å². The van der Waals surface area contributed by atoms with Crippen molar-refractivity contribution in [1.82, 2.24) is 5.32 Å². The number of amides is 1. The minimum absolute atomic E-state index is 0.0222. The van der Waals surface area contributed by atoms with Crippen molar-refractivity contribution in [3.05, 3.63) is 64.7 Å². The molecule has 0 fully saturated rings. The first-order valence-corrected chi connectivity index (χ1v) is 8.97. The van der Waals surface area contributed by atoms with E-state index in [-0.39, 0.29) is 17.9 Å². The smallest absolute Gasteiger partial charge is 0.257 e. The fourth-order valence-corrected chi connectivity index (χ4v) is 2.70. The summed E-state index contributed by atoms with van der Waals surface area (Å²) >= 11 is 5.87. The van der Waals surface area contributed by atoms with Crippen LogP contribution in [0, 0.1) is 0 Å². The van der Waals surface area contributed by atoms with Crippen molar-refractivity contribution in [3.8, 4) is 5.75 Å². The zero-order valence-electron chi connectivity index (χ0n) is 15.1. The van der Waals surface area contributed by atoms with Gasteiger partial charge in [0, 0.05) is 11.6 Å². The van der Waals surface area contributed by atoms with E-state index in [1.165, 1.54) is 5.56 Å². The highest BCUT2D eigenvalue weighted by Gasteiger charge is 2.18. The van der Waals surface area contributed by atoms with Gasteiger partial charge in [-0.1, -0.05) is 62.7 Å². The number of hydrogen-bond acceptors (Lipinski definition) is 2. The molecule has 25 heavy (non-hydrogen) atoms. The Morgan fingerprint density at radius 2 is 1.76 bits per heavy atom. The normalized spacial score (nSPS) is 11.2. The SMILES string of the molecule is CC(C)(C)c1ccccc1OCC(=O)NCCCc1ccc(Cl)cc1. The van der Waals surface area contributed by atoms with Gasteiger partial charge in [0.25, 0.3) is 5.91 Å². The van der Waals surface area contributed by atoms with E-state index in [1.54, 1.807) is 0 Å². The number of carbonyl (C=O) groups excluding carboxylic acids is 1. The van der Waals surface area contributed by atoms with E-state index in [0.29, 0.717) is 6.54 Å². The first-order chi connectivity index (χ1) is 11.9. The first-order valence-electron chi connectivity index (χ1n) is 8.60. The molecule has 2 aromatic carbocycles. The molecular formula is C21H26ClNO2. The van der Waals surface area contributed by atoms with Gasteiger partial charge < -0.3 is 10.1 Å². The highest BCUT2D eigenvalue weighted by atomic mass is 35.5. The molecule has 0 radical (unpaired) electrons. The van der Waals surface area contributed by atoms with Crippen LogP contribution in [0.5, 0.6) is 5.75 Å². The summed E-state index contributed by atoms with van der Waals surface area (Å²) in [5, 5.41) is 3.64. The van der Waals surface area contributed by atoms with Crippen molar-refractivity contribution >= 4 is 17.5 Å². The third kappa shape index (κ3) is 6.43. The van der Waals surface area contributed by atoms with Crippen LogP contribution in [-0.2, 0) is 16.6 Å². The van der Waals surface area contributed by atoms with E-state index < -0.39 is 0 Å². The summed E-state index contributed by atoms with van der Waals surface area (Å²) in [4.78, 5) is 12.0. The highest BCUT2D eigenvalue weighted by Crippen LogP contribution is 2.30. The molecule has 0 heterocycles. The minimum atomic E-state index is -0.0974. The van der Waals surface area contributed by atoms with Crippen LogP contribution in [-0.4, -0.2) is 19.1 Å². The maximum Gasteiger partial charge on any atom is 0.257 e. The van der Waals surface area contributed by atoms with Crippen molar-refractivity contribution < 1.29 is 9.53 Å². The van der Waals surface area contributed by atoms with E-state index in [1.807, 2.05) is 48.5 Å². The summed E-state index contributed by atoms with van der Waals surface area (Å²) < 4.78 is 5.73. The summed E-state index contributed by atoms with van der Waals surface area (Å²) in [6, 6.07) is 15.7. The second-order valence-corrected chi connectivity index (χ2v) is 7.55. The van der Waals surface area contributed by atoms with Gasteiger partial charge in [-0.05, 0) is 47.6 Å². The summed E-state index contributed by atoms with van der Waals surface area (Å²) in [5.74, 6) is 0.672. The second kappa shape index (κ2) is 8.91. The van der Waals surface area contributed by atoms with Crippen molar-refractivity contribution in [2.75, 3.05) is 13.2 Å². The van der Waals surface area contributed by atoms with Crippen molar-refractivity contribution in [3.63, 3.8) is 0 Å². The largest absolute Gasteiger partial charge is 0.483 e. The quantitative estimate of drug-likeness (QED) is 0.723. The second-order valence-electron chi connectivity index (χ2n) is 7.11. The highest BCUT2D eigenvalue weighted by molar-refractivity contribution is 6.30. The number of para-hydroxylation sites is 1. The molecule has 4 heteroatoms. The first kappa shape index (κ1) is 19.3. The molecule has 0 aliphatic carbocycles. The van der Waals surface area contributed by atoms with Gasteiger partial charge in [0.15, 0.2) is 6.61 Å². The van der Waals surface area contributed by atoms with Crippen LogP contribution in [0.25, 0.3) is 0 Å². The van der Waals surface area contributed by atoms with Crippen LogP contribution in [0.1, 0.15) is 38.3 Å². The van der Waals surface area contributed by atoms with E-state index in [9.17, 15) is 4.79 Å². The molecule has 134 valence electrons. The van der Waals surface area contributed by atoms with Crippen molar-refractivity contribution in [2.45, 2.75) is 39.0 Å². The van der Waals surface area contributed by atoms with Gasteiger partial charge in [-0.2, -0.15) is 0 Å². The van der Waals surface area contributed by atoms with Crippen LogP contribution in [0.3, 0.4) is 0 Å². The fourth-order valence-electron chi connectivity index (χ4n) is 2.58. The van der Waals surface area contributed by atoms with Gasteiger partial charge in [-0.25, -0.2) is 0 Å². The molecule has 0 aliphatic rings. The van der Waals surface area contributed by atoms with E-state index >= 15 is 0 Å². The van der Waals surface area contributed by atoms with Crippen LogP contribution >= 0.6 is 11.6 Å². The van der Waals surface area contributed by atoms with Gasteiger partial charge in [0.05, 0.1) is 0 Å². The molecule has 0 saturated heterocycles. The number of ether oxygens (including phenoxy) is 1. The Kier molecular flexibility index (Phi) is 6.89. The maximum atomic E-state index is 12.0. The zero-order chi connectivity index (χ0) is 18.3. The third-order valence-corrected chi connectivity index (χ3v) is 4.18. The fraction of sp³-hybridized carbons (Fsp3) is 0.381. The average Bonchev–Trinajstić information content (AvgIpc) is 2.58. The molecule has 0 unspecified atom stereocenters. The van der Waals surface area contributed by atoms with Crippen LogP contribution in [0.15, 0.2) is 48.5 Å². The molecule has 0 aromatic heterocycles. The Labute approximate surface area is 155 Å².